The third-order valence-corrected chi connectivity index (χ3v) is 3.74. The van der Waals surface area contributed by atoms with Crippen molar-refractivity contribution >= 4 is 11.4 Å². The normalized spacial score (nSPS) is 15.8. The maximum Gasteiger partial charge on any atom is 0.0604 e. The van der Waals surface area contributed by atoms with Gasteiger partial charge < -0.3 is 15.5 Å². The van der Waals surface area contributed by atoms with E-state index in [1.165, 1.54) is 23.4 Å². The predicted octanol–water partition coefficient (Wildman–Crippen LogP) is 2.42. The van der Waals surface area contributed by atoms with E-state index in [2.05, 4.69) is 48.9 Å². The highest BCUT2D eigenvalue weighted by Crippen LogP contribution is 2.34. The first kappa shape index (κ1) is 13.2. The zero-order chi connectivity index (χ0) is 13.1. The van der Waals surface area contributed by atoms with Crippen LogP contribution in [0.2, 0.25) is 0 Å². The van der Waals surface area contributed by atoms with Crippen molar-refractivity contribution in [2.24, 2.45) is 5.73 Å². The minimum absolute atomic E-state index is 0.579. The summed E-state index contributed by atoms with van der Waals surface area (Å²) in [6, 6.07) is 6.86. The minimum Gasteiger partial charge on any atom is -0.373 e. The number of benzene rings is 1. The summed E-state index contributed by atoms with van der Waals surface area (Å²) < 4.78 is 0. The van der Waals surface area contributed by atoms with Crippen LogP contribution in [-0.2, 0) is 0 Å². The molecule has 1 aliphatic heterocycles. The van der Waals surface area contributed by atoms with E-state index >= 15 is 0 Å². The van der Waals surface area contributed by atoms with Gasteiger partial charge in [0.25, 0.3) is 0 Å². The third-order valence-electron chi connectivity index (χ3n) is 3.74. The van der Waals surface area contributed by atoms with Crippen LogP contribution in [-0.4, -0.2) is 33.2 Å². The Labute approximate surface area is 111 Å². The van der Waals surface area contributed by atoms with Gasteiger partial charge in [-0.15, -0.1) is 0 Å². The molecule has 1 aromatic carbocycles. The molecule has 0 unspecified atom stereocenters. The first-order valence-electron chi connectivity index (χ1n) is 6.93. The van der Waals surface area contributed by atoms with E-state index in [9.17, 15) is 0 Å². The molecule has 2 rings (SSSR count). The molecule has 1 heterocycles. The van der Waals surface area contributed by atoms with Crippen molar-refractivity contribution in [1.29, 1.82) is 0 Å². The molecule has 1 aromatic rings. The molecule has 0 saturated heterocycles. The lowest BCUT2D eigenvalue weighted by atomic mass is 10.0. The van der Waals surface area contributed by atoms with Crippen molar-refractivity contribution in [3.05, 3.63) is 23.8 Å². The molecule has 0 aliphatic carbocycles. The van der Waals surface area contributed by atoms with Crippen LogP contribution in [0.5, 0.6) is 0 Å². The summed E-state index contributed by atoms with van der Waals surface area (Å²) >= 11 is 0. The molecule has 0 aromatic heterocycles. The monoisotopic (exact) mass is 247 g/mol. The van der Waals surface area contributed by atoms with Crippen LogP contribution in [0, 0.1) is 0 Å². The second kappa shape index (κ2) is 5.61. The zero-order valence-corrected chi connectivity index (χ0v) is 11.8. The topological polar surface area (TPSA) is 32.5 Å². The van der Waals surface area contributed by atoms with Gasteiger partial charge in [-0.1, -0.05) is 19.9 Å². The summed E-state index contributed by atoms with van der Waals surface area (Å²) in [5.74, 6) is 0.579. The molecule has 0 spiro atoms. The Morgan fingerprint density at radius 2 is 2.00 bits per heavy atom. The van der Waals surface area contributed by atoms with Crippen LogP contribution >= 0.6 is 0 Å². The van der Waals surface area contributed by atoms with Crippen LogP contribution < -0.4 is 15.5 Å². The predicted molar refractivity (Wildman–Crippen MR) is 79.7 cm³/mol. The van der Waals surface area contributed by atoms with Gasteiger partial charge in [-0.05, 0) is 30.0 Å². The van der Waals surface area contributed by atoms with Gasteiger partial charge in [0.05, 0.1) is 11.4 Å². The molecule has 3 heteroatoms. The number of rotatable bonds is 3. The Kier molecular flexibility index (Phi) is 4.12. The average molecular weight is 247 g/mol. The van der Waals surface area contributed by atoms with Crippen LogP contribution in [0.4, 0.5) is 11.4 Å². The number of nitrogens with zero attached hydrogens (tertiary/aromatic N) is 2. The molecule has 2 N–H and O–H groups in total. The Bertz CT molecular complexity index is 401. The number of anilines is 2. The van der Waals surface area contributed by atoms with Crippen LogP contribution in [0.3, 0.4) is 0 Å². The fourth-order valence-electron chi connectivity index (χ4n) is 2.60. The van der Waals surface area contributed by atoms with Crippen LogP contribution in [0.15, 0.2) is 18.2 Å². The van der Waals surface area contributed by atoms with Crippen molar-refractivity contribution in [1.82, 2.24) is 0 Å². The molecule has 100 valence electrons. The van der Waals surface area contributed by atoms with Gasteiger partial charge in [-0.2, -0.15) is 0 Å². The van der Waals surface area contributed by atoms with Crippen molar-refractivity contribution in [3.63, 3.8) is 0 Å². The standard InChI is InChI=1S/C15H25N3/c1-12(2)13-5-6-14-15(11-13)17(3)8-4-9-18(14)10-7-16/h5-6,11-12H,4,7-10,16H2,1-3H3. The Hall–Kier alpha value is -1.22. The van der Waals surface area contributed by atoms with Gasteiger partial charge in [0.15, 0.2) is 0 Å². The lowest BCUT2D eigenvalue weighted by Gasteiger charge is -2.26. The van der Waals surface area contributed by atoms with E-state index in [-0.39, 0.29) is 0 Å². The first-order chi connectivity index (χ1) is 8.63. The second-order valence-corrected chi connectivity index (χ2v) is 5.45. The molecule has 0 fully saturated rings. The SMILES string of the molecule is CC(C)c1ccc2c(c1)N(C)CCCN2CCN. The summed E-state index contributed by atoms with van der Waals surface area (Å²) in [7, 11) is 2.19. The highest BCUT2D eigenvalue weighted by Gasteiger charge is 2.18. The molecular formula is C15H25N3. The van der Waals surface area contributed by atoms with Gasteiger partial charge >= 0.3 is 0 Å². The highest BCUT2D eigenvalue weighted by molar-refractivity contribution is 5.73. The fourth-order valence-corrected chi connectivity index (χ4v) is 2.60. The van der Waals surface area contributed by atoms with Crippen molar-refractivity contribution in [3.8, 4) is 0 Å². The summed E-state index contributed by atoms with van der Waals surface area (Å²) in [6.45, 7) is 8.38. The van der Waals surface area contributed by atoms with Gasteiger partial charge in [0.1, 0.15) is 0 Å². The zero-order valence-electron chi connectivity index (χ0n) is 11.8. The van der Waals surface area contributed by atoms with E-state index in [0.29, 0.717) is 5.92 Å². The number of hydrogen-bond acceptors (Lipinski definition) is 3. The lowest BCUT2D eigenvalue weighted by Crippen LogP contribution is -2.29. The molecule has 1 aliphatic rings. The fraction of sp³-hybridized carbons (Fsp3) is 0.600. The maximum absolute atomic E-state index is 5.73. The second-order valence-electron chi connectivity index (χ2n) is 5.45. The lowest BCUT2D eigenvalue weighted by molar-refractivity contribution is 0.741. The summed E-state index contributed by atoms with van der Waals surface area (Å²) in [6.07, 6.45) is 1.20. The van der Waals surface area contributed by atoms with Crippen LogP contribution in [0.25, 0.3) is 0 Å². The Morgan fingerprint density at radius 1 is 1.22 bits per heavy atom. The molecule has 0 saturated carbocycles. The summed E-state index contributed by atoms with van der Waals surface area (Å²) in [5, 5.41) is 0. The smallest absolute Gasteiger partial charge is 0.0604 e. The minimum atomic E-state index is 0.579. The van der Waals surface area contributed by atoms with Gasteiger partial charge in [-0.25, -0.2) is 0 Å². The van der Waals surface area contributed by atoms with Crippen molar-refractivity contribution in [2.75, 3.05) is 43.0 Å². The van der Waals surface area contributed by atoms with E-state index in [1.54, 1.807) is 0 Å². The van der Waals surface area contributed by atoms with E-state index in [4.69, 9.17) is 5.73 Å². The van der Waals surface area contributed by atoms with Crippen molar-refractivity contribution in [2.45, 2.75) is 26.2 Å². The maximum atomic E-state index is 5.73. The molecule has 3 nitrogen and oxygen atoms in total. The average Bonchev–Trinajstić information content (AvgIpc) is 2.50. The highest BCUT2D eigenvalue weighted by atomic mass is 15.2. The summed E-state index contributed by atoms with van der Waals surface area (Å²) in [5.41, 5.74) is 9.83. The molecule has 18 heavy (non-hydrogen) atoms. The van der Waals surface area contributed by atoms with Gasteiger partial charge in [0, 0.05) is 33.2 Å². The number of fused-ring (bicyclic) bond motifs is 1. The van der Waals surface area contributed by atoms with E-state index in [1.807, 2.05) is 0 Å². The van der Waals surface area contributed by atoms with Crippen molar-refractivity contribution < 1.29 is 0 Å². The Morgan fingerprint density at radius 3 is 2.67 bits per heavy atom. The largest absolute Gasteiger partial charge is 0.373 e. The van der Waals surface area contributed by atoms with E-state index < -0.39 is 0 Å². The van der Waals surface area contributed by atoms with E-state index in [0.717, 1.165) is 26.2 Å². The van der Waals surface area contributed by atoms with Gasteiger partial charge in [-0.3, -0.25) is 0 Å². The molecule has 0 radical (unpaired) electrons. The third kappa shape index (κ3) is 2.61. The van der Waals surface area contributed by atoms with Gasteiger partial charge in [0.2, 0.25) is 0 Å². The number of hydrogen-bond donors (Lipinski definition) is 1. The quantitative estimate of drug-likeness (QED) is 0.890. The first-order valence-corrected chi connectivity index (χ1v) is 6.93. The molecule has 0 atom stereocenters. The molecule has 0 bridgehead atoms. The number of nitrogens with two attached hydrogens (primary N) is 1. The molecule has 0 amide bonds. The molecular weight excluding hydrogens is 222 g/mol. The van der Waals surface area contributed by atoms with Crippen LogP contribution in [0.1, 0.15) is 31.7 Å². The summed E-state index contributed by atoms with van der Waals surface area (Å²) in [4.78, 5) is 4.79. The Balaban J connectivity index is 2.40.